The fraction of sp³-hybridized carbons (Fsp3) is 0.111. The van der Waals surface area contributed by atoms with Gasteiger partial charge in [0.05, 0.1) is 23.3 Å². The summed E-state index contributed by atoms with van der Waals surface area (Å²) >= 11 is 0. The largest absolute Gasteiger partial charge is 0.263 e. The molecule has 0 fully saturated rings. The number of aryl methyl sites for hydroxylation is 10. The van der Waals surface area contributed by atoms with Gasteiger partial charge < -0.3 is 0 Å². The highest BCUT2D eigenvalue weighted by Gasteiger charge is 2.15. The third-order valence-electron chi connectivity index (χ3n) is 17.4. The fourth-order valence-corrected chi connectivity index (χ4v) is 12.6. The van der Waals surface area contributed by atoms with Gasteiger partial charge in [0.2, 0.25) is 0 Å². The van der Waals surface area contributed by atoms with E-state index in [2.05, 4.69) is 189 Å². The van der Waals surface area contributed by atoms with Gasteiger partial charge in [-0.05, 0) is 139 Å². The molecular formula is C90H74N22. The number of aromatic nitrogens is 22. The molecule has 0 saturated heterocycles. The summed E-state index contributed by atoms with van der Waals surface area (Å²) in [5, 5.41) is 6.96. The predicted octanol–water partition coefficient (Wildman–Crippen LogP) is 18.3. The molecule has 0 aliphatic rings. The molecule has 0 amide bonds. The van der Waals surface area contributed by atoms with E-state index in [0.717, 1.165) is 141 Å². The quantitative estimate of drug-likeness (QED) is 0.123. The summed E-state index contributed by atoms with van der Waals surface area (Å²) in [5.41, 5.74) is 13.8. The summed E-state index contributed by atoms with van der Waals surface area (Å²) in [6.07, 6.45) is 16.1. The molecule has 0 bridgehead atoms. The maximum atomic E-state index is 4.59. The molecule has 22 nitrogen and oxygen atoms in total. The molecule has 544 valence electrons. The molecule has 18 aromatic rings. The zero-order valence-electron chi connectivity index (χ0n) is 63.2. The first kappa shape index (κ1) is 74.1. The van der Waals surface area contributed by atoms with Crippen molar-refractivity contribution in [3.63, 3.8) is 0 Å². The molecule has 10 heterocycles. The SMILES string of the molecule is Cc1nc(C)nc(-c2cccc(-c3cc4ccccc4cn3)c2)n1.Cc1nc(C)nc(-c2cccc(-c3cncc4ccccc34)c2)n1.Cc1nc(C)nc(-c2cccc(-c3cnccn3)c2)n1.Cc1nc(C)nc(-c2cccc(-c3nccc4ccccc34)c2)n1.Cc1nc(C)nc(-c2cccc(-c3ncccn3)c2)n1. The van der Waals surface area contributed by atoms with Gasteiger partial charge in [0.1, 0.15) is 58.2 Å². The minimum Gasteiger partial charge on any atom is -0.263 e. The van der Waals surface area contributed by atoms with Gasteiger partial charge in [-0.3, -0.25) is 24.9 Å². The number of fused-ring (bicyclic) bond motifs is 3. The second-order valence-electron chi connectivity index (χ2n) is 26.0. The van der Waals surface area contributed by atoms with Crippen molar-refractivity contribution in [2.45, 2.75) is 69.2 Å². The van der Waals surface area contributed by atoms with Crippen molar-refractivity contribution in [3.05, 3.63) is 326 Å². The Labute approximate surface area is 647 Å². The molecule has 0 unspecified atom stereocenters. The van der Waals surface area contributed by atoms with E-state index in [1.807, 2.05) is 221 Å². The van der Waals surface area contributed by atoms with Crippen molar-refractivity contribution in [3.8, 4) is 113 Å². The zero-order chi connectivity index (χ0) is 77.5. The van der Waals surface area contributed by atoms with Crippen molar-refractivity contribution < 1.29 is 0 Å². The van der Waals surface area contributed by atoms with Gasteiger partial charge >= 0.3 is 0 Å². The predicted molar refractivity (Wildman–Crippen MR) is 438 cm³/mol. The minimum absolute atomic E-state index is 0.674. The van der Waals surface area contributed by atoms with Crippen LogP contribution in [-0.4, -0.2) is 110 Å². The molecule has 0 spiro atoms. The van der Waals surface area contributed by atoms with Gasteiger partial charge in [0, 0.05) is 121 Å². The Morgan fingerprint density at radius 1 is 0.188 bits per heavy atom. The summed E-state index contributed by atoms with van der Waals surface area (Å²) in [5.74, 6) is 11.4. The monoisotopic (exact) mass is 1460 g/mol. The van der Waals surface area contributed by atoms with Gasteiger partial charge in [-0.2, -0.15) is 0 Å². The van der Waals surface area contributed by atoms with Crippen LogP contribution in [0.5, 0.6) is 0 Å². The Hall–Kier alpha value is -14.8. The zero-order valence-corrected chi connectivity index (χ0v) is 63.2. The highest BCUT2D eigenvalue weighted by Crippen LogP contribution is 2.33. The van der Waals surface area contributed by atoms with Crippen LogP contribution in [0.25, 0.3) is 146 Å². The molecule has 0 aliphatic carbocycles. The van der Waals surface area contributed by atoms with Crippen LogP contribution >= 0.6 is 0 Å². The molecule has 0 radical (unpaired) electrons. The van der Waals surface area contributed by atoms with E-state index in [1.54, 1.807) is 37.1 Å². The number of pyridine rings is 3. The van der Waals surface area contributed by atoms with E-state index in [4.69, 9.17) is 0 Å². The van der Waals surface area contributed by atoms with E-state index >= 15 is 0 Å². The highest BCUT2D eigenvalue weighted by atomic mass is 15.1. The average Bonchev–Trinajstić information content (AvgIpc) is 0.799. The van der Waals surface area contributed by atoms with Crippen LogP contribution in [0.3, 0.4) is 0 Å². The molecule has 0 aliphatic heterocycles. The van der Waals surface area contributed by atoms with Gasteiger partial charge in [-0.15, -0.1) is 0 Å². The Kier molecular flexibility index (Phi) is 22.8. The van der Waals surface area contributed by atoms with Gasteiger partial charge in [-0.1, -0.05) is 164 Å². The second kappa shape index (κ2) is 34.4. The Morgan fingerprint density at radius 3 is 1.04 bits per heavy atom. The lowest BCUT2D eigenvalue weighted by molar-refractivity contribution is 0.928. The van der Waals surface area contributed by atoms with Crippen LogP contribution in [0.15, 0.2) is 268 Å². The number of nitrogens with zero attached hydrogens (tertiary/aromatic N) is 22. The lowest BCUT2D eigenvalue weighted by Crippen LogP contribution is -1.99. The van der Waals surface area contributed by atoms with E-state index in [0.29, 0.717) is 46.6 Å². The molecule has 10 aromatic heterocycles. The lowest BCUT2D eigenvalue weighted by atomic mass is 9.99. The molecule has 22 heteroatoms. The minimum atomic E-state index is 0.674. The first-order chi connectivity index (χ1) is 54.5. The van der Waals surface area contributed by atoms with E-state index in [-0.39, 0.29) is 0 Å². The number of hydrogen-bond donors (Lipinski definition) is 0. The van der Waals surface area contributed by atoms with Crippen LogP contribution in [0, 0.1) is 69.2 Å². The summed E-state index contributed by atoms with van der Waals surface area (Å²) in [6, 6.07) is 71.2. The Bertz CT molecular complexity index is 5960. The molecule has 0 saturated carbocycles. The van der Waals surface area contributed by atoms with Gasteiger partial charge in [0.15, 0.2) is 34.9 Å². The normalized spacial score (nSPS) is 10.8. The summed E-state index contributed by atoms with van der Waals surface area (Å²) in [7, 11) is 0. The highest BCUT2D eigenvalue weighted by molar-refractivity contribution is 5.97. The van der Waals surface area contributed by atoms with Gasteiger partial charge in [0.25, 0.3) is 0 Å². The lowest BCUT2D eigenvalue weighted by Gasteiger charge is -2.08. The van der Waals surface area contributed by atoms with Crippen LogP contribution < -0.4 is 0 Å². The van der Waals surface area contributed by atoms with Crippen LogP contribution in [-0.2, 0) is 0 Å². The third-order valence-corrected chi connectivity index (χ3v) is 17.4. The molecule has 0 N–H and O–H groups in total. The van der Waals surface area contributed by atoms with Crippen molar-refractivity contribution in [1.82, 2.24) is 110 Å². The van der Waals surface area contributed by atoms with E-state index < -0.39 is 0 Å². The van der Waals surface area contributed by atoms with Crippen molar-refractivity contribution in [1.29, 1.82) is 0 Å². The third kappa shape index (κ3) is 18.6. The first-order valence-electron chi connectivity index (χ1n) is 36.1. The molecule has 112 heavy (non-hydrogen) atoms. The summed E-state index contributed by atoms with van der Waals surface area (Å²) in [6.45, 7) is 18.8. The Morgan fingerprint density at radius 2 is 0.562 bits per heavy atom. The topological polar surface area (TPSA) is 284 Å². The van der Waals surface area contributed by atoms with E-state index in [1.165, 1.54) is 16.2 Å². The smallest absolute Gasteiger partial charge is 0.163 e. The maximum absolute atomic E-state index is 4.59. The molecular weight excluding hydrogens is 1390 g/mol. The number of hydrogen-bond acceptors (Lipinski definition) is 22. The van der Waals surface area contributed by atoms with Crippen LogP contribution in [0.1, 0.15) is 58.2 Å². The van der Waals surface area contributed by atoms with Crippen molar-refractivity contribution in [2.75, 3.05) is 0 Å². The first-order valence-corrected chi connectivity index (χ1v) is 36.1. The average molecular weight is 1460 g/mol. The van der Waals surface area contributed by atoms with Crippen molar-refractivity contribution in [2.24, 2.45) is 0 Å². The Balaban J connectivity index is 0.000000117. The summed E-state index contributed by atoms with van der Waals surface area (Å²) < 4.78 is 0. The molecule has 18 rings (SSSR count). The molecule has 8 aromatic carbocycles. The van der Waals surface area contributed by atoms with E-state index in [9.17, 15) is 0 Å². The maximum Gasteiger partial charge on any atom is 0.163 e. The number of rotatable bonds is 10. The summed E-state index contributed by atoms with van der Waals surface area (Å²) in [4.78, 5) is 95.8. The van der Waals surface area contributed by atoms with Crippen LogP contribution in [0.4, 0.5) is 0 Å². The van der Waals surface area contributed by atoms with Crippen LogP contribution in [0.2, 0.25) is 0 Å². The van der Waals surface area contributed by atoms with Gasteiger partial charge in [-0.25, -0.2) is 84.7 Å². The number of benzene rings is 8. The molecule has 0 atom stereocenters. The standard InChI is InChI=1S/3C20H16N4.2C15H13N5/c1-13-22-14(2)24-20(23-13)16-8-5-7-15(10-16)19-12-21-11-17-6-3-4-9-18(17)19;1-13-22-14(2)24-20(23-13)17-8-5-7-16(12-17)19-18-9-4-3-6-15(18)10-11-21-19;1-13-22-14(2)24-20(23-13)17-9-5-8-16(10-17)19-11-15-6-3-4-7-18(15)12-21-19;1-10-18-11(2)20-15(19-10)13-6-3-5-12(9-13)14-16-7-4-8-17-14;1-10-18-11(2)20-15(19-10)13-5-3-4-12(8-13)14-9-16-6-7-17-14/h3*3-12H,1-2H3;2*3-9H,1-2H3. The fourth-order valence-electron chi connectivity index (χ4n) is 12.6. The van der Waals surface area contributed by atoms with Crippen molar-refractivity contribution >= 4 is 32.3 Å². The second-order valence-corrected chi connectivity index (χ2v) is 26.0.